The van der Waals surface area contributed by atoms with Crippen LogP contribution in [-0.2, 0) is 62.1 Å². The zero-order chi connectivity index (χ0) is 110. The van der Waals surface area contributed by atoms with Gasteiger partial charge in [0, 0.05) is 70.7 Å². The molecular weight excluding hydrogens is 1840 g/mol. The highest BCUT2D eigenvalue weighted by atomic mass is 16.6. The van der Waals surface area contributed by atoms with E-state index in [0.717, 1.165) is 66.9 Å². The van der Waals surface area contributed by atoms with Crippen LogP contribution in [0, 0.1) is 224 Å². The summed E-state index contributed by atoms with van der Waals surface area (Å²) in [6.45, 7) is 88.9. The van der Waals surface area contributed by atoms with Crippen LogP contribution < -0.4 is 26.6 Å². The Kier molecular flexibility index (Phi) is 38.1. The Morgan fingerprint density at radius 3 is 0.747 bits per heavy atom. The normalized spacial score (nSPS) is 39.8. The van der Waals surface area contributed by atoms with Gasteiger partial charge >= 0.3 is 24.4 Å². The predicted molar refractivity (Wildman–Crippen MR) is 573 cm³/mol. The van der Waals surface area contributed by atoms with Crippen LogP contribution in [0.5, 0.6) is 0 Å². The Morgan fingerprint density at radius 1 is 0.274 bits per heavy atom. The molecule has 0 spiro atoms. The molecule has 5 N–H and O–H groups in total. The van der Waals surface area contributed by atoms with E-state index in [1.807, 2.05) is 118 Å². The quantitative estimate of drug-likeness (QED) is 0.111. The molecule has 0 aromatic heterocycles. The molecular formula is C120H191N9O17. The highest BCUT2D eigenvalue weighted by Crippen LogP contribution is 2.55. The summed E-state index contributed by atoms with van der Waals surface area (Å²) in [5.74, 6) is 16.5. The van der Waals surface area contributed by atoms with Gasteiger partial charge in [0.2, 0.25) is 53.2 Å². The van der Waals surface area contributed by atoms with Crippen LogP contribution in [0.1, 0.15) is 290 Å². The first-order valence-electron chi connectivity index (χ1n) is 55.7. The van der Waals surface area contributed by atoms with E-state index in [1.165, 1.54) is 49.2 Å². The number of carbonyl (C=O) groups is 13. The van der Waals surface area contributed by atoms with Gasteiger partial charge in [0.15, 0.2) is 0 Å². The summed E-state index contributed by atoms with van der Waals surface area (Å²) in [7, 11) is 0. The van der Waals surface area contributed by atoms with Gasteiger partial charge in [0.05, 0.1) is 40.9 Å². The van der Waals surface area contributed by atoms with Gasteiger partial charge in [0.1, 0.15) is 22.4 Å². The molecule has 18 rings (SSSR count). The average molecular weight is 2030 g/mol. The Morgan fingerprint density at radius 2 is 0.493 bits per heavy atom. The van der Waals surface area contributed by atoms with Crippen LogP contribution in [0.3, 0.4) is 0 Å². The molecule has 9 aliphatic heterocycles. The van der Waals surface area contributed by atoms with Gasteiger partial charge in [-0.15, -0.1) is 0 Å². The molecule has 146 heavy (non-hydrogen) atoms. The third-order valence-electron chi connectivity index (χ3n) is 38.3. The fourth-order valence-corrected chi connectivity index (χ4v) is 28.2. The molecule has 9 heterocycles. The van der Waals surface area contributed by atoms with Gasteiger partial charge in [-0.05, 0) is 323 Å². The number of amides is 13. The van der Waals surface area contributed by atoms with Crippen molar-refractivity contribution >= 4 is 77.5 Å². The van der Waals surface area contributed by atoms with Crippen molar-refractivity contribution in [2.45, 2.75) is 312 Å². The summed E-state index contributed by atoms with van der Waals surface area (Å²) in [4.78, 5) is 162. The number of hydrogen-bond donors (Lipinski definition) is 5. The van der Waals surface area contributed by atoms with Crippen molar-refractivity contribution in [2.24, 2.45) is 224 Å². The van der Waals surface area contributed by atoms with Gasteiger partial charge in [-0.3, -0.25) is 43.2 Å². The number of carbonyl (C=O) groups excluding carboxylic acids is 13. The van der Waals surface area contributed by atoms with Gasteiger partial charge in [-0.1, -0.05) is 220 Å². The van der Waals surface area contributed by atoms with Crippen molar-refractivity contribution in [3.63, 3.8) is 0 Å². The summed E-state index contributed by atoms with van der Waals surface area (Å²) >= 11 is 0. The minimum Gasteiger partial charge on any atom is -0.443 e. The van der Waals surface area contributed by atoms with Crippen LogP contribution >= 0.6 is 0 Å². The Labute approximate surface area is 877 Å². The smallest absolute Gasteiger partial charge is 0.417 e. The number of imide groups is 4. The van der Waals surface area contributed by atoms with Gasteiger partial charge in [-0.2, -0.15) is 0 Å². The molecule has 0 aromatic rings. The van der Waals surface area contributed by atoms with Gasteiger partial charge < -0.3 is 45.5 Å². The molecule has 818 valence electrons. The van der Waals surface area contributed by atoms with Crippen LogP contribution in [0.25, 0.3) is 0 Å². The number of rotatable bonds is 0. The van der Waals surface area contributed by atoms with Crippen molar-refractivity contribution in [3.8, 4) is 0 Å². The van der Waals surface area contributed by atoms with Crippen LogP contribution in [0.2, 0.25) is 0 Å². The van der Waals surface area contributed by atoms with Gasteiger partial charge in [0.25, 0.3) is 0 Å². The number of ether oxygens (including phenoxy) is 4. The Bertz CT molecular complexity index is 4680. The average Bonchev–Trinajstić information content (AvgIpc) is 1.57. The first-order valence-corrected chi connectivity index (χ1v) is 55.7. The Balaban J connectivity index is 0.000000169. The fraction of sp³-hybridized carbons (Fsp3) is 0.775. The SMILES string of the molecule is CC1=C[C@@H](C)[C@H](C)[C@@H]2CN(C(=O)OC(C)(C)C)C(=O)[C@@H]12.CC1=C[C@@H](C)[C@H](C)[C@@H]2CN(C(=O)OC(C)(C)C)C(=O)[C@@H]12.CC1=C[C@@H](C)[C@H](C)[C@@H]2CN(C(=O)OC(C)(C)C)C(=O)[C@@H]12.CC1=C[C@@H](C)[C@H](C)[C@@H]2CN(C(=O)OC(C)(C)C)C(=O)[C@]12C.CC1=C[C@@H](C)[C@H](C)[C@@H]2CNC(=O)[C@@H]12.CC1=C[C@@H](C)[C@H](C)[C@@H]2CNC(=O)[C@H]12.CC1=C[C@H](C)[C@H](C)[C@@H]2CNC(=O)[C@H]12.C[C@@H]1[C@@H]2CNC(=O)[C@@H]2[C@@H](C)C[C@H]1C.C[C@@H]1[C@@H]2CNC(=O)[C@@H]2[C@H](C)C[C@H]1C. The molecule has 26 heteroatoms. The summed E-state index contributed by atoms with van der Waals surface area (Å²) in [5.41, 5.74) is 5.29. The predicted octanol–water partition coefficient (Wildman–Crippen LogP) is 21.4. The molecule has 26 nitrogen and oxygen atoms in total. The maximum atomic E-state index is 12.8. The molecule has 38 atom stereocenters. The van der Waals surface area contributed by atoms with Crippen molar-refractivity contribution in [1.82, 2.24) is 46.2 Å². The monoisotopic (exact) mass is 2030 g/mol. The zero-order valence-corrected chi connectivity index (χ0v) is 96.9. The highest BCUT2D eigenvalue weighted by molar-refractivity contribution is 6.01. The summed E-state index contributed by atoms with van der Waals surface area (Å²) in [6.07, 6.45) is 15.9. The molecule has 0 bridgehead atoms. The number of fused-ring (bicyclic) bond motifs is 9. The zero-order valence-electron chi connectivity index (χ0n) is 96.9. The van der Waals surface area contributed by atoms with E-state index in [1.54, 1.807) is 0 Å². The van der Waals surface area contributed by atoms with Crippen molar-refractivity contribution in [1.29, 1.82) is 0 Å². The number of nitrogens with one attached hydrogen (secondary N) is 5. The van der Waals surface area contributed by atoms with Crippen LogP contribution in [-0.4, -0.2) is 178 Å². The van der Waals surface area contributed by atoms with E-state index >= 15 is 0 Å². The summed E-state index contributed by atoms with van der Waals surface area (Å²) in [5, 5.41) is 14.9. The number of hydrogen-bond acceptors (Lipinski definition) is 17. The lowest BCUT2D eigenvalue weighted by molar-refractivity contribution is -0.134. The Hall–Kier alpha value is -8.71. The van der Waals surface area contributed by atoms with E-state index in [4.69, 9.17) is 18.9 Å². The molecule has 11 fully saturated rings. The lowest BCUT2D eigenvalue weighted by Gasteiger charge is -2.40. The van der Waals surface area contributed by atoms with Crippen LogP contribution in [0.15, 0.2) is 81.5 Å². The highest BCUT2D eigenvalue weighted by Gasteiger charge is 2.60. The number of allylic oxidation sites excluding steroid dienone is 7. The lowest BCUT2D eigenvalue weighted by Crippen LogP contribution is -2.42. The molecule has 18 aliphatic rings. The van der Waals surface area contributed by atoms with E-state index in [2.05, 4.69) is 228 Å². The standard InChI is InChI=1S/C17H27NO3.3C16H25NO3.2C11H19NO.3C11H17NO/c1-10-8-11(2)17(7)13(12(10)3)9-18(14(17)19)15(20)21-16(4,5)6;3*1-9-7-10(2)13-12(11(9)3)8-17(14(13)18)15(19)20-16(4,5)6;5*1-6-4-7(2)10-9(8(6)3)5-12-11(10)13/h8,10,12-13H,9H2,1-7H3;3*7,9,11-13H,8H2,1-6H3;2*6-10H,4-5H2,1-3H3,(H,12,13);3*4,6,8-10H,5H2,1-3H3,(H,12,13)/t10-,12+,13+,17-;3*9-,11+,12+,13+;6-,7+,8+,9+,10-;6-,7-,8+,9+,10-;6-,8+,9+,10+;6-,8+,9+,10-;6-,8-,9-,10+/m111111110/s1. The largest absolute Gasteiger partial charge is 0.443 e. The number of likely N-dealkylation sites (tertiary alicyclic amines) is 4. The lowest BCUT2D eigenvalue weighted by atomic mass is 9.61. The maximum absolute atomic E-state index is 12.8. The van der Waals surface area contributed by atoms with Crippen molar-refractivity contribution in [2.75, 3.05) is 58.9 Å². The first kappa shape index (κ1) is 119. The minimum absolute atomic E-state index is 0.100. The topological polar surface area (TPSA) is 332 Å². The second-order valence-electron chi connectivity index (χ2n) is 52.9. The molecule has 2 saturated carbocycles. The third-order valence-corrected chi connectivity index (χ3v) is 38.3. The molecule has 0 aromatic carbocycles. The van der Waals surface area contributed by atoms with Crippen LogP contribution in [0.4, 0.5) is 19.2 Å². The minimum atomic E-state index is -0.587. The molecule has 0 unspecified atom stereocenters. The second kappa shape index (κ2) is 46.6. The molecule has 13 amide bonds. The number of nitrogens with zero attached hydrogens (tertiary/aromatic N) is 4. The molecule has 0 radical (unpaired) electrons. The van der Waals surface area contributed by atoms with E-state index in [0.29, 0.717) is 186 Å². The first-order chi connectivity index (χ1) is 67.4. The summed E-state index contributed by atoms with van der Waals surface area (Å²) in [6, 6.07) is 0. The summed E-state index contributed by atoms with van der Waals surface area (Å²) < 4.78 is 21.4. The molecule has 9 saturated heterocycles. The van der Waals surface area contributed by atoms with E-state index in [9.17, 15) is 62.3 Å². The third kappa shape index (κ3) is 26.0. The fourth-order valence-electron chi connectivity index (χ4n) is 28.2. The maximum Gasteiger partial charge on any atom is 0.417 e. The van der Waals surface area contributed by atoms with E-state index in [-0.39, 0.29) is 101 Å². The van der Waals surface area contributed by atoms with Gasteiger partial charge in [-0.25, -0.2) is 38.8 Å². The second-order valence-corrected chi connectivity index (χ2v) is 52.9. The van der Waals surface area contributed by atoms with E-state index < -0.39 is 52.2 Å². The molecule has 9 aliphatic carbocycles. The van der Waals surface area contributed by atoms with Crippen molar-refractivity contribution < 1.29 is 81.3 Å². The van der Waals surface area contributed by atoms with Crippen molar-refractivity contribution in [3.05, 3.63) is 81.5 Å².